The van der Waals surface area contributed by atoms with Crippen LogP contribution >= 0.6 is 11.3 Å². The minimum atomic E-state index is -0.690. The highest BCUT2D eigenvalue weighted by Crippen LogP contribution is 2.49. The van der Waals surface area contributed by atoms with Gasteiger partial charge in [-0.15, -0.1) is 16.4 Å². The number of hydrogen-bond donors (Lipinski definition) is 2. The van der Waals surface area contributed by atoms with Crippen LogP contribution in [0.1, 0.15) is 26.7 Å². The second kappa shape index (κ2) is 10.2. The van der Waals surface area contributed by atoms with E-state index in [1.807, 2.05) is 24.3 Å². The summed E-state index contributed by atoms with van der Waals surface area (Å²) in [6.45, 7) is 0. The summed E-state index contributed by atoms with van der Waals surface area (Å²) in [6.07, 6.45) is 0. The van der Waals surface area contributed by atoms with E-state index in [2.05, 4.69) is 16.3 Å². The molecule has 0 saturated carbocycles. The summed E-state index contributed by atoms with van der Waals surface area (Å²) in [7, 11) is 4.49. The molecule has 4 aromatic rings. The molecule has 3 N–H and O–H groups in total. The quantitative estimate of drug-likeness (QED) is 0.259. The fourth-order valence-electron chi connectivity index (χ4n) is 4.26. The predicted molar refractivity (Wildman–Crippen MR) is 139 cm³/mol. The maximum absolute atomic E-state index is 12.7. The van der Waals surface area contributed by atoms with Crippen LogP contribution in [0.2, 0.25) is 0 Å². The first kappa shape index (κ1) is 24.7. The Morgan fingerprint density at radius 1 is 1.11 bits per heavy atom. The van der Waals surface area contributed by atoms with E-state index in [1.54, 1.807) is 36.8 Å². The zero-order valence-electron chi connectivity index (χ0n) is 20.6. The van der Waals surface area contributed by atoms with Crippen LogP contribution in [-0.2, 0) is 0 Å². The number of allylic oxidation sites excluding steroid dienone is 1. The van der Waals surface area contributed by atoms with Gasteiger partial charge in [0.15, 0.2) is 11.5 Å². The highest BCUT2D eigenvalue weighted by molar-refractivity contribution is 7.12. The van der Waals surface area contributed by atoms with Gasteiger partial charge in [-0.25, -0.2) is 4.79 Å². The molecule has 11 heteroatoms. The number of aromatic amines is 1. The summed E-state index contributed by atoms with van der Waals surface area (Å²) in [4.78, 5) is 13.1. The van der Waals surface area contributed by atoms with Gasteiger partial charge in [0, 0.05) is 5.56 Å². The minimum absolute atomic E-state index is 0.0658. The normalized spacial score (nSPS) is 14.2. The number of benzene rings is 2. The number of thiophene rings is 1. The summed E-state index contributed by atoms with van der Waals surface area (Å²) in [6, 6.07) is 16.3. The zero-order valence-corrected chi connectivity index (χ0v) is 21.4. The number of fused-ring (bicyclic) bond motifs is 1. The molecule has 5 rings (SSSR count). The SMILES string of the molecule is COc1ccc(-c2[nH]nc3c2[C@@H](c2cc(OC)c(OC(=O)c4cccs4)c(OC)c2)C(C#N)=C(N)O3)cc1. The molecular formula is C27H22N4O6S. The summed E-state index contributed by atoms with van der Waals surface area (Å²) < 4.78 is 27.8. The van der Waals surface area contributed by atoms with Gasteiger partial charge in [-0.2, -0.15) is 5.26 Å². The number of nitriles is 1. The number of methoxy groups -OCH3 is 3. The van der Waals surface area contributed by atoms with Crippen LogP contribution in [0, 0.1) is 11.3 Å². The predicted octanol–water partition coefficient (Wildman–Crippen LogP) is 4.60. The Morgan fingerprint density at radius 2 is 1.82 bits per heavy atom. The van der Waals surface area contributed by atoms with Crippen molar-refractivity contribution in [3.05, 3.63) is 81.4 Å². The smallest absolute Gasteiger partial charge is 0.353 e. The molecule has 0 fully saturated rings. The lowest BCUT2D eigenvalue weighted by Gasteiger charge is -2.25. The van der Waals surface area contributed by atoms with Gasteiger partial charge in [0.2, 0.25) is 17.5 Å². The molecule has 0 aliphatic carbocycles. The summed E-state index contributed by atoms with van der Waals surface area (Å²) in [5.74, 6) is 0.222. The van der Waals surface area contributed by atoms with Gasteiger partial charge < -0.3 is 29.4 Å². The standard InChI is InChI=1S/C27H22N4O6S/c1-33-16-8-6-14(7-9-16)23-22-21(17(13-28)25(29)37-26(22)31-30-23)15-11-18(34-2)24(19(12-15)35-3)36-27(32)20-5-4-10-38-20/h4-12,21H,29H2,1-3H3,(H,30,31)/t21-/m0/s1. The molecule has 0 spiro atoms. The van der Waals surface area contributed by atoms with Gasteiger partial charge >= 0.3 is 5.97 Å². The van der Waals surface area contributed by atoms with Crippen molar-refractivity contribution in [2.45, 2.75) is 5.92 Å². The molecule has 10 nitrogen and oxygen atoms in total. The van der Waals surface area contributed by atoms with Gasteiger partial charge in [-0.3, -0.25) is 5.10 Å². The number of carbonyl (C=O) groups excluding carboxylic acids is 1. The highest BCUT2D eigenvalue weighted by Gasteiger charge is 2.37. The third-order valence-electron chi connectivity index (χ3n) is 6.05. The number of hydrogen-bond acceptors (Lipinski definition) is 10. The minimum Gasteiger partial charge on any atom is -0.497 e. The monoisotopic (exact) mass is 530 g/mol. The van der Waals surface area contributed by atoms with Crippen LogP contribution in [0.25, 0.3) is 11.3 Å². The Hall–Kier alpha value is -4.95. The second-order valence-electron chi connectivity index (χ2n) is 8.09. The number of nitrogens with zero attached hydrogens (tertiary/aromatic N) is 2. The van der Waals surface area contributed by atoms with Crippen molar-refractivity contribution in [3.8, 4) is 46.2 Å². The summed E-state index contributed by atoms with van der Waals surface area (Å²) >= 11 is 1.26. The second-order valence-corrected chi connectivity index (χ2v) is 9.04. The van der Waals surface area contributed by atoms with E-state index < -0.39 is 11.9 Å². The summed E-state index contributed by atoms with van der Waals surface area (Å²) in [5, 5.41) is 19.2. The van der Waals surface area contributed by atoms with Crippen LogP contribution < -0.4 is 29.4 Å². The molecule has 2 aromatic heterocycles. The van der Waals surface area contributed by atoms with Crippen molar-refractivity contribution in [2.24, 2.45) is 5.73 Å². The fourth-order valence-corrected chi connectivity index (χ4v) is 4.86. The first-order valence-electron chi connectivity index (χ1n) is 11.3. The zero-order chi connectivity index (χ0) is 26.8. The van der Waals surface area contributed by atoms with Gasteiger partial charge in [0.05, 0.1) is 38.5 Å². The van der Waals surface area contributed by atoms with E-state index in [-0.39, 0.29) is 34.6 Å². The van der Waals surface area contributed by atoms with Crippen molar-refractivity contribution in [1.29, 1.82) is 5.26 Å². The number of aromatic nitrogens is 2. The lowest BCUT2D eigenvalue weighted by molar-refractivity contribution is 0.0729. The molecule has 0 bridgehead atoms. The van der Waals surface area contributed by atoms with Crippen molar-refractivity contribution in [1.82, 2.24) is 10.2 Å². The Kier molecular flexibility index (Phi) is 6.64. The van der Waals surface area contributed by atoms with Crippen molar-refractivity contribution in [2.75, 3.05) is 21.3 Å². The molecule has 0 amide bonds. The molecule has 0 unspecified atom stereocenters. The number of esters is 1. The van der Waals surface area contributed by atoms with Gasteiger partial charge in [0.25, 0.3) is 0 Å². The maximum atomic E-state index is 12.7. The van der Waals surface area contributed by atoms with Crippen molar-refractivity contribution in [3.63, 3.8) is 0 Å². The third-order valence-corrected chi connectivity index (χ3v) is 6.90. The number of nitrogens with one attached hydrogen (secondary N) is 1. The van der Waals surface area contributed by atoms with E-state index in [1.165, 1.54) is 25.6 Å². The number of nitrogens with two attached hydrogens (primary N) is 1. The average molecular weight is 531 g/mol. The van der Waals surface area contributed by atoms with E-state index in [0.717, 1.165) is 5.56 Å². The van der Waals surface area contributed by atoms with Gasteiger partial charge in [-0.05, 0) is 53.4 Å². The Morgan fingerprint density at radius 3 is 2.39 bits per heavy atom. The van der Waals surface area contributed by atoms with E-state index in [4.69, 9.17) is 29.4 Å². The lowest BCUT2D eigenvalue weighted by atomic mass is 9.82. The van der Waals surface area contributed by atoms with Gasteiger partial charge in [-0.1, -0.05) is 6.07 Å². The van der Waals surface area contributed by atoms with E-state index >= 15 is 0 Å². The molecular weight excluding hydrogens is 508 g/mol. The molecule has 0 saturated heterocycles. The molecule has 1 aliphatic rings. The Balaban J connectivity index is 1.65. The summed E-state index contributed by atoms with van der Waals surface area (Å²) in [5.41, 5.74) is 8.96. The molecule has 2 aromatic carbocycles. The topological polar surface area (TPSA) is 142 Å². The van der Waals surface area contributed by atoms with Crippen LogP contribution in [0.3, 0.4) is 0 Å². The van der Waals surface area contributed by atoms with Crippen LogP contribution in [-0.4, -0.2) is 37.5 Å². The number of ether oxygens (including phenoxy) is 5. The van der Waals surface area contributed by atoms with E-state index in [0.29, 0.717) is 27.4 Å². The molecule has 3 heterocycles. The highest BCUT2D eigenvalue weighted by atomic mass is 32.1. The Bertz CT molecular complexity index is 1540. The first-order valence-corrected chi connectivity index (χ1v) is 12.2. The average Bonchev–Trinajstić information content (AvgIpc) is 3.63. The third kappa shape index (κ3) is 4.27. The fraction of sp³-hybridized carbons (Fsp3) is 0.148. The molecule has 1 atom stereocenters. The number of rotatable bonds is 7. The number of carbonyl (C=O) groups is 1. The molecule has 38 heavy (non-hydrogen) atoms. The van der Waals surface area contributed by atoms with Crippen LogP contribution in [0.4, 0.5) is 0 Å². The lowest BCUT2D eigenvalue weighted by Crippen LogP contribution is -2.21. The Labute approximate surface area is 221 Å². The molecule has 0 radical (unpaired) electrons. The van der Waals surface area contributed by atoms with Crippen molar-refractivity contribution >= 4 is 17.3 Å². The van der Waals surface area contributed by atoms with Crippen LogP contribution in [0.5, 0.6) is 28.9 Å². The maximum Gasteiger partial charge on any atom is 0.353 e. The first-order chi connectivity index (χ1) is 18.5. The molecule has 1 aliphatic heterocycles. The van der Waals surface area contributed by atoms with Gasteiger partial charge in [0.1, 0.15) is 22.3 Å². The van der Waals surface area contributed by atoms with Crippen molar-refractivity contribution < 1.29 is 28.5 Å². The molecule has 192 valence electrons. The van der Waals surface area contributed by atoms with Crippen LogP contribution in [0.15, 0.2) is 65.4 Å². The largest absolute Gasteiger partial charge is 0.497 e. The number of H-pyrrole nitrogens is 1. The van der Waals surface area contributed by atoms with E-state index in [9.17, 15) is 10.1 Å².